The van der Waals surface area contributed by atoms with Crippen LogP contribution < -0.4 is 0 Å². The quantitative estimate of drug-likeness (QED) is 0.837. The van der Waals surface area contributed by atoms with Crippen LogP contribution in [-0.4, -0.2) is 37.9 Å². The van der Waals surface area contributed by atoms with Crippen molar-refractivity contribution in [2.45, 2.75) is 31.7 Å². The van der Waals surface area contributed by atoms with E-state index in [9.17, 15) is 8.42 Å². The molecule has 0 saturated carbocycles. The lowest BCUT2D eigenvalue weighted by molar-refractivity contribution is 0.210. The molecule has 0 saturated heterocycles. The van der Waals surface area contributed by atoms with Gasteiger partial charge in [-0.05, 0) is 31.9 Å². The fourth-order valence-electron chi connectivity index (χ4n) is 1.95. The van der Waals surface area contributed by atoms with Crippen LogP contribution >= 0.6 is 0 Å². The molecule has 0 aromatic heterocycles. The van der Waals surface area contributed by atoms with E-state index in [1.807, 2.05) is 6.92 Å². The van der Waals surface area contributed by atoms with Gasteiger partial charge in [0.25, 0.3) is 0 Å². The number of aryl methyl sites for hydroxylation is 3. The predicted molar refractivity (Wildman–Crippen MR) is 69.2 cm³/mol. The first kappa shape index (κ1) is 15.1. The molecule has 6 heteroatoms. The van der Waals surface area contributed by atoms with Gasteiger partial charge in [-0.1, -0.05) is 23.7 Å². The van der Waals surface area contributed by atoms with Crippen molar-refractivity contribution >= 4 is 10.0 Å². The van der Waals surface area contributed by atoms with Crippen molar-refractivity contribution in [1.82, 2.24) is 0 Å². The minimum atomic E-state index is -3.86. The summed E-state index contributed by atoms with van der Waals surface area (Å²) in [7, 11) is -3.86. The number of benzene rings is 1. The maximum Gasteiger partial charge on any atom is 0.102 e. The lowest BCUT2D eigenvalue weighted by Crippen LogP contribution is -2.21. The first-order chi connectivity index (χ1) is 8.31. The normalized spacial score (nSPS) is 12.1. The molecule has 0 heterocycles. The Morgan fingerprint density at radius 1 is 1.11 bits per heavy atom. The summed E-state index contributed by atoms with van der Waals surface area (Å²) in [5.74, 6) is 0. The second-order valence-corrected chi connectivity index (χ2v) is 5.90. The Hall–Kier alpha value is -0.950. The van der Waals surface area contributed by atoms with Crippen LogP contribution in [0.2, 0.25) is 0 Å². The number of hydrogen-bond acceptors (Lipinski definition) is 4. The molecule has 1 aromatic rings. The van der Waals surface area contributed by atoms with Crippen LogP contribution in [-0.2, 0) is 10.0 Å². The van der Waals surface area contributed by atoms with Gasteiger partial charge in [0.15, 0.2) is 0 Å². The van der Waals surface area contributed by atoms with Gasteiger partial charge in [-0.2, -0.15) is 0 Å². The van der Waals surface area contributed by atoms with Gasteiger partial charge >= 0.3 is 0 Å². The van der Waals surface area contributed by atoms with Crippen LogP contribution in [0.3, 0.4) is 0 Å². The van der Waals surface area contributed by atoms with Crippen LogP contribution in [0.25, 0.3) is 4.72 Å². The molecular formula is C12H18NO4S-. The van der Waals surface area contributed by atoms with Crippen molar-refractivity contribution in [3.63, 3.8) is 0 Å². The largest absolute Gasteiger partial charge is 0.538 e. The molecule has 0 amide bonds. The zero-order valence-electron chi connectivity index (χ0n) is 10.7. The Balaban J connectivity index is 3.21. The number of sulfonamides is 1. The van der Waals surface area contributed by atoms with Gasteiger partial charge in [-0.3, -0.25) is 0 Å². The Morgan fingerprint density at radius 2 is 1.56 bits per heavy atom. The van der Waals surface area contributed by atoms with E-state index < -0.39 is 29.3 Å². The van der Waals surface area contributed by atoms with E-state index in [1.165, 1.54) is 0 Å². The molecule has 0 aliphatic rings. The molecule has 0 aliphatic heterocycles. The van der Waals surface area contributed by atoms with E-state index in [2.05, 4.69) is 4.72 Å². The summed E-state index contributed by atoms with van der Waals surface area (Å²) in [6, 6.07) is 2.53. The van der Waals surface area contributed by atoms with Crippen LogP contribution in [0.15, 0.2) is 17.0 Å². The first-order valence-corrected chi connectivity index (χ1v) is 7.02. The standard InChI is InChI=1S/C12H18NO4S/c1-8-4-9(2)12(10(3)5-8)18(16,17)13-11(6-14)7-15/h4-5,11,14-15H,6-7H2,1-3H3/q-1. The zero-order chi connectivity index (χ0) is 13.9. The molecule has 0 aliphatic carbocycles. The number of hydrogen-bond donors (Lipinski definition) is 2. The monoisotopic (exact) mass is 272 g/mol. The zero-order valence-corrected chi connectivity index (χ0v) is 11.5. The fraction of sp³-hybridized carbons (Fsp3) is 0.500. The van der Waals surface area contributed by atoms with Crippen molar-refractivity contribution in [3.05, 3.63) is 33.5 Å². The number of rotatable bonds is 5. The van der Waals surface area contributed by atoms with Crippen LogP contribution in [0.4, 0.5) is 0 Å². The van der Waals surface area contributed by atoms with Crippen molar-refractivity contribution in [2.24, 2.45) is 0 Å². The molecule has 1 aromatic carbocycles. The summed E-state index contributed by atoms with van der Waals surface area (Å²) >= 11 is 0. The topological polar surface area (TPSA) is 88.7 Å². The molecular weight excluding hydrogens is 254 g/mol. The molecule has 0 radical (unpaired) electrons. The number of nitrogens with zero attached hydrogens (tertiary/aromatic N) is 1. The minimum absolute atomic E-state index is 0.153. The molecule has 18 heavy (non-hydrogen) atoms. The highest BCUT2D eigenvalue weighted by molar-refractivity contribution is 7.94. The molecule has 0 spiro atoms. The Labute approximate surface area is 108 Å². The fourth-order valence-corrected chi connectivity index (χ4v) is 3.51. The summed E-state index contributed by atoms with van der Waals surface area (Å²) in [6.07, 6.45) is 0. The van der Waals surface area contributed by atoms with E-state index in [0.717, 1.165) is 5.56 Å². The summed E-state index contributed by atoms with van der Waals surface area (Å²) in [6.45, 7) is 4.29. The average molecular weight is 272 g/mol. The van der Waals surface area contributed by atoms with Crippen molar-refractivity contribution in [2.75, 3.05) is 13.2 Å². The van der Waals surface area contributed by atoms with Crippen molar-refractivity contribution in [3.8, 4) is 0 Å². The molecule has 0 bridgehead atoms. The Kier molecular flexibility index (Phi) is 4.86. The van der Waals surface area contributed by atoms with E-state index in [0.29, 0.717) is 11.1 Å². The first-order valence-electron chi connectivity index (χ1n) is 5.58. The minimum Gasteiger partial charge on any atom is -0.538 e. The molecule has 2 N–H and O–H groups in total. The number of aliphatic hydroxyl groups excluding tert-OH is 2. The average Bonchev–Trinajstić information content (AvgIpc) is 2.23. The second-order valence-electron chi connectivity index (χ2n) is 4.33. The third-order valence-electron chi connectivity index (χ3n) is 2.57. The molecule has 0 atom stereocenters. The highest BCUT2D eigenvalue weighted by atomic mass is 32.2. The van der Waals surface area contributed by atoms with E-state index in [1.54, 1.807) is 26.0 Å². The second kappa shape index (κ2) is 5.79. The van der Waals surface area contributed by atoms with Gasteiger partial charge in [0, 0.05) is 13.2 Å². The molecule has 0 unspecified atom stereocenters. The summed E-state index contributed by atoms with van der Waals surface area (Å²) in [5.41, 5.74) is 2.21. The third kappa shape index (κ3) is 3.29. The van der Waals surface area contributed by atoms with Gasteiger partial charge in [0.2, 0.25) is 0 Å². The highest BCUT2D eigenvalue weighted by Gasteiger charge is 2.14. The molecule has 102 valence electrons. The van der Waals surface area contributed by atoms with Crippen molar-refractivity contribution < 1.29 is 18.6 Å². The number of aliphatic hydroxyl groups is 2. The van der Waals surface area contributed by atoms with E-state index in [4.69, 9.17) is 10.2 Å². The molecule has 5 nitrogen and oxygen atoms in total. The summed E-state index contributed by atoms with van der Waals surface area (Å²) in [5, 5.41) is 17.8. The van der Waals surface area contributed by atoms with Gasteiger partial charge in [0.1, 0.15) is 10.0 Å². The van der Waals surface area contributed by atoms with Crippen molar-refractivity contribution in [1.29, 1.82) is 0 Å². The lowest BCUT2D eigenvalue weighted by atomic mass is 10.1. The lowest BCUT2D eigenvalue weighted by Gasteiger charge is -2.29. The summed E-state index contributed by atoms with van der Waals surface area (Å²) < 4.78 is 27.8. The van der Waals surface area contributed by atoms with Crippen LogP contribution in [0.5, 0.6) is 0 Å². The third-order valence-corrected chi connectivity index (χ3v) is 4.31. The SMILES string of the molecule is Cc1cc(C)c(S(=O)(=O)[N-]C(CO)CO)c(C)c1. The molecule has 0 fully saturated rings. The maximum atomic E-state index is 12.1. The van der Waals surface area contributed by atoms with Crippen LogP contribution in [0.1, 0.15) is 16.7 Å². The smallest absolute Gasteiger partial charge is 0.102 e. The maximum absolute atomic E-state index is 12.1. The van der Waals surface area contributed by atoms with Crippen LogP contribution in [0, 0.1) is 20.8 Å². The highest BCUT2D eigenvalue weighted by Crippen LogP contribution is 2.27. The Bertz CT molecular complexity index is 498. The Morgan fingerprint density at radius 3 is 1.94 bits per heavy atom. The van der Waals surface area contributed by atoms with E-state index in [-0.39, 0.29) is 4.90 Å². The van der Waals surface area contributed by atoms with Gasteiger partial charge in [-0.15, -0.1) is 0 Å². The summed E-state index contributed by atoms with van der Waals surface area (Å²) in [4.78, 5) is 0.153. The molecule has 1 rings (SSSR count). The van der Waals surface area contributed by atoms with Gasteiger partial charge in [-0.25, -0.2) is 8.42 Å². The van der Waals surface area contributed by atoms with E-state index >= 15 is 0 Å². The predicted octanol–water partition coefficient (Wildman–Crippen LogP) is 1.03. The van der Waals surface area contributed by atoms with Gasteiger partial charge in [0.05, 0.1) is 4.90 Å². The van der Waals surface area contributed by atoms with Gasteiger partial charge < -0.3 is 14.9 Å².